The van der Waals surface area contributed by atoms with Gasteiger partial charge in [-0.3, -0.25) is 0 Å². The van der Waals surface area contributed by atoms with E-state index in [0.717, 1.165) is 12.0 Å². The SMILES string of the molecule is CC(NC1(C)CCCCC1)C1CCC1. The standard InChI is InChI=1S/C13H25N/c1-11(12-7-6-8-12)14-13(2)9-4-3-5-10-13/h11-12,14H,3-10H2,1-2H3. The molecule has 2 fully saturated rings. The van der Waals surface area contributed by atoms with Crippen LogP contribution in [0.1, 0.15) is 65.2 Å². The summed E-state index contributed by atoms with van der Waals surface area (Å²) in [5.41, 5.74) is 0.466. The van der Waals surface area contributed by atoms with Gasteiger partial charge in [-0.05, 0) is 45.4 Å². The lowest BCUT2D eigenvalue weighted by molar-refractivity contribution is 0.165. The molecule has 14 heavy (non-hydrogen) atoms. The maximum absolute atomic E-state index is 3.90. The summed E-state index contributed by atoms with van der Waals surface area (Å²) in [4.78, 5) is 0. The van der Waals surface area contributed by atoms with Crippen LogP contribution in [0, 0.1) is 5.92 Å². The zero-order valence-electron chi connectivity index (χ0n) is 9.81. The van der Waals surface area contributed by atoms with Crippen molar-refractivity contribution in [3.05, 3.63) is 0 Å². The van der Waals surface area contributed by atoms with Crippen molar-refractivity contribution in [2.75, 3.05) is 0 Å². The fourth-order valence-corrected chi connectivity index (χ4v) is 3.08. The molecule has 2 aliphatic carbocycles. The molecular weight excluding hydrogens is 170 g/mol. The second-order valence-corrected chi connectivity index (χ2v) is 5.75. The van der Waals surface area contributed by atoms with E-state index in [1.54, 1.807) is 0 Å². The van der Waals surface area contributed by atoms with Crippen LogP contribution in [-0.4, -0.2) is 11.6 Å². The Morgan fingerprint density at radius 3 is 2.21 bits per heavy atom. The summed E-state index contributed by atoms with van der Waals surface area (Å²) in [6.07, 6.45) is 11.5. The van der Waals surface area contributed by atoms with Gasteiger partial charge in [0.05, 0.1) is 0 Å². The Bertz CT molecular complexity index is 178. The van der Waals surface area contributed by atoms with Crippen molar-refractivity contribution < 1.29 is 0 Å². The van der Waals surface area contributed by atoms with E-state index >= 15 is 0 Å². The predicted octanol–water partition coefficient (Wildman–Crippen LogP) is 3.49. The molecule has 0 aromatic heterocycles. The molecule has 0 heterocycles. The van der Waals surface area contributed by atoms with Crippen molar-refractivity contribution in [1.29, 1.82) is 0 Å². The highest BCUT2D eigenvalue weighted by Crippen LogP contribution is 2.33. The molecular formula is C13H25N. The average Bonchev–Trinajstić information content (AvgIpc) is 2.00. The van der Waals surface area contributed by atoms with E-state index in [1.807, 2.05) is 0 Å². The van der Waals surface area contributed by atoms with E-state index in [9.17, 15) is 0 Å². The number of hydrogen-bond acceptors (Lipinski definition) is 1. The molecule has 2 aliphatic rings. The van der Waals surface area contributed by atoms with Crippen molar-refractivity contribution in [1.82, 2.24) is 5.32 Å². The quantitative estimate of drug-likeness (QED) is 0.727. The fraction of sp³-hybridized carbons (Fsp3) is 1.00. The molecule has 0 radical (unpaired) electrons. The van der Waals surface area contributed by atoms with Crippen molar-refractivity contribution in [3.63, 3.8) is 0 Å². The average molecular weight is 195 g/mol. The first-order valence-corrected chi connectivity index (χ1v) is 6.47. The lowest BCUT2D eigenvalue weighted by atomic mass is 9.77. The Morgan fingerprint density at radius 1 is 1.07 bits per heavy atom. The number of rotatable bonds is 3. The molecule has 2 rings (SSSR count). The summed E-state index contributed by atoms with van der Waals surface area (Å²) >= 11 is 0. The second kappa shape index (κ2) is 4.22. The molecule has 0 saturated heterocycles. The maximum Gasteiger partial charge on any atom is 0.0155 e. The normalized spacial score (nSPS) is 29.6. The van der Waals surface area contributed by atoms with Crippen LogP contribution < -0.4 is 5.32 Å². The smallest absolute Gasteiger partial charge is 0.0155 e. The molecule has 2 saturated carbocycles. The van der Waals surface area contributed by atoms with Gasteiger partial charge < -0.3 is 5.32 Å². The summed E-state index contributed by atoms with van der Waals surface area (Å²) in [6.45, 7) is 4.82. The summed E-state index contributed by atoms with van der Waals surface area (Å²) in [7, 11) is 0. The van der Waals surface area contributed by atoms with Crippen molar-refractivity contribution >= 4 is 0 Å². The Balaban J connectivity index is 1.81. The van der Waals surface area contributed by atoms with Gasteiger partial charge in [-0.25, -0.2) is 0 Å². The fourth-order valence-electron chi connectivity index (χ4n) is 3.08. The third-order valence-corrected chi connectivity index (χ3v) is 4.39. The molecule has 1 unspecified atom stereocenters. The highest BCUT2D eigenvalue weighted by Gasteiger charge is 2.32. The largest absolute Gasteiger partial charge is 0.309 e. The summed E-state index contributed by atoms with van der Waals surface area (Å²) in [5.74, 6) is 0.980. The first-order valence-electron chi connectivity index (χ1n) is 6.47. The van der Waals surface area contributed by atoms with Crippen LogP contribution in [-0.2, 0) is 0 Å². The monoisotopic (exact) mass is 195 g/mol. The first kappa shape index (κ1) is 10.5. The van der Waals surface area contributed by atoms with Crippen LogP contribution in [0.25, 0.3) is 0 Å². The topological polar surface area (TPSA) is 12.0 Å². The van der Waals surface area contributed by atoms with Gasteiger partial charge in [-0.1, -0.05) is 25.7 Å². The Kier molecular flexibility index (Phi) is 3.16. The first-order chi connectivity index (χ1) is 6.70. The van der Waals surface area contributed by atoms with Crippen LogP contribution in [0.5, 0.6) is 0 Å². The summed E-state index contributed by atoms with van der Waals surface area (Å²) < 4.78 is 0. The molecule has 0 aliphatic heterocycles. The van der Waals surface area contributed by atoms with Crippen LogP contribution >= 0.6 is 0 Å². The van der Waals surface area contributed by atoms with E-state index in [-0.39, 0.29) is 0 Å². The van der Waals surface area contributed by atoms with E-state index in [4.69, 9.17) is 0 Å². The maximum atomic E-state index is 3.90. The summed E-state index contributed by atoms with van der Waals surface area (Å²) in [6, 6.07) is 0.756. The second-order valence-electron chi connectivity index (χ2n) is 5.75. The van der Waals surface area contributed by atoms with Gasteiger partial charge in [0.25, 0.3) is 0 Å². The Hall–Kier alpha value is -0.0400. The third kappa shape index (κ3) is 2.31. The minimum Gasteiger partial charge on any atom is -0.309 e. The molecule has 0 amide bonds. The molecule has 1 atom stereocenters. The van der Waals surface area contributed by atoms with Crippen LogP contribution in [0.2, 0.25) is 0 Å². The molecule has 1 N–H and O–H groups in total. The molecule has 82 valence electrons. The van der Waals surface area contributed by atoms with E-state index in [2.05, 4.69) is 19.2 Å². The zero-order chi connectivity index (χ0) is 10.0. The van der Waals surface area contributed by atoms with Crippen molar-refractivity contribution in [2.45, 2.75) is 76.8 Å². The van der Waals surface area contributed by atoms with Crippen LogP contribution in [0.15, 0.2) is 0 Å². The highest BCUT2D eigenvalue weighted by molar-refractivity contribution is 4.91. The Labute approximate surface area is 88.7 Å². The molecule has 0 aromatic rings. The van der Waals surface area contributed by atoms with Crippen molar-refractivity contribution in [3.8, 4) is 0 Å². The third-order valence-electron chi connectivity index (χ3n) is 4.39. The molecule has 1 heteroatoms. The lowest BCUT2D eigenvalue weighted by Gasteiger charge is -2.42. The van der Waals surface area contributed by atoms with Crippen LogP contribution in [0.3, 0.4) is 0 Å². The number of nitrogens with one attached hydrogen (secondary N) is 1. The van der Waals surface area contributed by atoms with E-state index in [0.29, 0.717) is 5.54 Å². The van der Waals surface area contributed by atoms with Crippen molar-refractivity contribution in [2.24, 2.45) is 5.92 Å². The van der Waals surface area contributed by atoms with E-state index in [1.165, 1.54) is 51.4 Å². The van der Waals surface area contributed by atoms with Gasteiger partial charge in [0.1, 0.15) is 0 Å². The predicted molar refractivity (Wildman–Crippen MR) is 61.4 cm³/mol. The van der Waals surface area contributed by atoms with Gasteiger partial charge in [0, 0.05) is 11.6 Å². The molecule has 0 aromatic carbocycles. The zero-order valence-corrected chi connectivity index (χ0v) is 9.81. The molecule has 1 nitrogen and oxygen atoms in total. The number of hydrogen-bond donors (Lipinski definition) is 1. The van der Waals surface area contributed by atoms with Gasteiger partial charge in [0.2, 0.25) is 0 Å². The molecule has 0 spiro atoms. The van der Waals surface area contributed by atoms with Gasteiger partial charge in [-0.2, -0.15) is 0 Å². The van der Waals surface area contributed by atoms with E-state index < -0.39 is 0 Å². The highest BCUT2D eigenvalue weighted by atomic mass is 15.0. The van der Waals surface area contributed by atoms with Gasteiger partial charge in [-0.15, -0.1) is 0 Å². The van der Waals surface area contributed by atoms with Gasteiger partial charge in [0.15, 0.2) is 0 Å². The van der Waals surface area contributed by atoms with Gasteiger partial charge >= 0.3 is 0 Å². The Morgan fingerprint density at radius 2 is 1.71 bits per heavy atom. The molecule has 0 bridgehead atoms. The lowest BCUT2D eigenvalue weighted by Crippen LogP contribution is -2.51. The van der Waals surface area contributed by atoms with Crippen LogP contribution in [0.4, 0.5) is 0 Å². The minimum atomic E-state index is 0.466. The minimum absolute atomic E-state index is 0.466. The summed E-state index contributed by atoms with van der Waals surface area (Å²) in [5, 5.41) is 3.90.